The molecule has 6 nitrogen and oxygen atoms in total. The Labute approximate surface area is 161 Å². The molecule has 0 aliphatic carbocycles. The van der Waals surface area contributed by atoms with Crippen molar-refractivity contribution in [1.82, 2.24) is 25.3 Å². The van der Waals surface area contributed by atoms with Gasteiger partial charge in [0.1, 0.15) is 0 Å². The standard InChI is InChI=1S/C20H42N6/c1-4-11-25-13-8-19(9-14-25)23-20(21-3)22-10-6-7-12-26-17-15-24(5-2)16-18-26/h19H,4-18H2,1-3H3,(H2,21,22,23). The summed E-state index contributed by atoms with van der Waals surface area (Å²) >= 11 is 0. The number of hydrogen-bond donors (Lipinski definition) is 2. The summed E-state index contributed by atoms with van der Waals surface area (Å²) in [5, 5.41) is 7.12. The molecule has 2 N–H and O–H groups in total. The zero-order chi connectivity index (χ0) is 18.6. The van der Waals surface area contributed by atoms with E-state index in [9.17, 15) is 0 Å². The quantitative estimate of drug-likeness (QED) is 0.367. The van der Waals surface area contributed by atoms with E-state index in [-0.39, 0.29) is 0 Å². The van der Waals surface area contributed by atoms with E-state index in [2.05, 4.69) is 44.2 Å². The van der Waals surface area contributed by atoms with Crippen molar-refractivity contribution in [2.75, 3.05) is 72.5 Å². The van der Waals surface area contributed by atoms with Crippen LogP contribution in [-0.2, 0) is 0 Å². The number of unbranched alkanes of at least 4 members (excludes halogenated alkanes) is 1. The fraction of sp³-hybridized carbons (Fsp3) is 0.950. The molecule has 152 valence electrons. The molecule has 2 heterocycles. The van der Waals surface area contributed by atoms with Gasteiger partial charge >= 0.3 is 0 Å². The van der Waals surface area contributed by atoms with Gasteiger partial charge in [-0.25, -0.2) is 0 Å². The number of likely N-dealkylation sites (N-methyl/N-ethyl adjacent to an activating group) is 1. The van der Waals surface area contributed by atoms with Crippen LogP contribution in [0.4, 0.5) is 0 Å². The number of piperazine rings is 1. The first kappa shape index (κ1) is 21.5. The van der Waals surface area contributed by atoms with E-state index in [4.69, 9.17) is 0 Å². The molecule has 0 aromatic rings. The van der Waals surface area contributed by atoms with Gasteiger partial charge in [-0.3, -0.25) is 4.99 Å². The maximum atomic E-state index is 4.41. The van der Waals surface area contributed by atoms with Crippen LogP contribution in [0.3, 0.4) is 0 Å². The number of piperidine rings is 1. The zero-order valence-electron chi connectivity index (χ0n) is 17.5. The van der Waals surface area contributed by atoms with Crippen molar-refractivity contribution < 1.29 is 0 Å². The highest BCUT2D eigenvalue weighted by molar-refractivity contribution is 5.79. The molecule has 2 saturated heterocycles. The molecule has 0 radical (unpaired) electrons. The summed E-state index contributed by atoms with van der Waals surface area (Å²) in [6.45, 7) is 16.6. The lowest BCUT2D eigenvalue weighted by atomic mass is 10.1. The van der Waals surface area contributed by atoms with Crippen LogP contribution >= 0.6 is 0 Å². The summed E-state index contributed by atoms with van der Waals surface area (Å²) in [6, 6.07) is 0.573. The van der Waals surface area contributed by atoms with Crippen LogP contribution in [0.1, 0.15) is 46.0 Å². The Balaban J connectivity index is 1.51. The largest absolute Gasteiger partial charge is 0.356 e. The predicted molar refractivity (Wildman–Crippen MR) is 112 cm³/mol. The molecule has 26 heavy (non-hydrogen) atoms. The third kappa shape index (κ3) is 7.80. The van der Waals surface area contributed by atoms with Gasteiger partial charge < -0.3 is 25.3 Å². The Morgan fingerprint density at radius 3 is 2.15 bits per heavy atom. The van der Waals surface area contributed by atoms with Gasteiger partial charge in [0.25, 0.3) is 0 Å². The molecule has 0 unspecified atom stereocenters. The van der Waals surface area contributed by atoms with Gasteiger partial charge in [0.05, 0.1) is 0 Å². The van der Waals surface area contributed by atoms with E-state index < -0.39 is 0 Å². The molecule has 0 spiro atoms. The van der Waals surface area contributed by atoms with Gasteiger partial charge in [-0.1, -0.05) is 13.8 Å². The van der Waals surface area contributed by atoms with Crippen molar-refractivity contribution in [1.29, 1.82) is 0 Å². The Morgan fingerprint density at radius 2 is 1.54 bits per heavy atom. The zero-order valence-corrected chi connectivity index (χ0v) is 17.5. The van der Waals surface area contributed by atoms with E-state index in [1.807, 2.05) is 7.05 Å². The van der Waals surface area contributed by atoms with E-state index in [0.717, 1.165) is 12.5 Å². The first-order valence-corrected chi connectivity index (χ1v) is 10.9. The minimum absolute atomic E-state index is 0.573. The van der Waals surface area contributed by atoms with Crippen LogP contribution in [0.15, 0.2) is 4.99 Å². The molecule has 2 aliphatic heterocycles. The van der Waals surface area contributed by atoms with E-state index >= 15 is 0 Å². The average Bonchev–Trinajstić information content (AvgIpc) is 2.69. The Hall–Kier alpha value is -0.850. The van der Waals surface area contributed by atoms with Gasteiger partial charge in [0.15, 0.2) is 5.96 Å². The number of likely N-dealkylation sites (tertiary alicyclic amines) is 1. The molecule has 2 fully saturated rings. The van der Waals surface area contributed by atoms with Crippen molar-refractivity contribution in [2.45, 2.75) is 52.0 Å². The SMILES string of the molecule is CCCN1CCC(NC(=NC)NCCCCN2CCN(CC)CC2)CC1. The number of rotatable bonds is 9. The molecular weight excluding hydrogens is 324 g/mol. The summed E-state index contributed by atoms with van der Waals surface area (Å²) in [6.07, 6.45) is 6.19. The summed E-state index contributed by atoms with van der Waals surface area (Å²) in [5.41, 5.74) is 0. The van der Waals surface area contributed by atoms with Crippen molar-refractivity contribution in [2.24, 2.45) is 4.99 Å². The Kier molecular flexibility index (Phi) is 10.3. The Morgan fingerprint density at radius 1 is 0.885 bits per heavy atom. The molecule has 6 heteroatoms. The number of nitrogens with one attached hydrogen (secondary N) is 2. The fourth-order valence-electron chi connectivity index (χ4n) is 4.00. The smallest absolute Gasteiger partial charge is 0.191 e. The summed E-state index contributed by atoms with van der Waals surface area (Å²) < 4.78 is 0. The van der Waals surface area contributed by atoms with E-state index in [1.165, 1.54) is 91.0 Å². The molecule has 0 aromatic carbocycles. The molecular formula is C20H42N6. The monoisotopic (exact) mass is 366 g/mol. The molecule has 0 bridgehead atoms. The maximum Gasteiger partial charge on any atom is 0.191 e. The van der Waals surface area contributed by atoms with Crippen LogP contribution in [-0.4, -0.2) is 99.2 Å². The average molecular weight is 367 g/mol. The van der Waals surface area contributed by atoms with E-state index in [0.29, 0.717) is 6.04 Å². The first-order chi connectivity index (χ1) is 12.7. The fourth-order valence-corrected chi connectivity index (χ4v) is 4.00. The molecule has 0 aromatic heterocycles. The van der Waals surface area contributed by atoms with Gasteiger partial charge in [0.2, 0.25) is 0 Å². The molecule has 0 atom stereocenters. The second-order valence-corrected chi connectivity index (χ2v) is 7.74. The number of guanidine groups is 1. The van der Waals surface area contributed by atoms with Gasteiger partial charge in [0, 0.05) is 58.9 Å². The van der Waals surface area contributed by atoms with Crippen molar-refractivity contribution in [3.8, 4) is 0 Å². The molecule has 0 saturated carbocycles. The van der Waals surface area contributed by atoms with Crippen LogP contribution < -0.4 is 10.6 Å². The summed E-state index contributed by atoms with van der Waals surface area (Å²) in [5.74, 6) is 0.982. The third-order valence-electron chi connectivity index (χ3n) is 5.80. The lowest BCUT2D eigenvalue weighted by Crippen LogP contribution is -2.49. The highest BCUT2D eigenvalue weighted by Crippen LogP contribution is 2.10. The summed E-state index contributed by atoms with van der Waals surface area (Å²) in [4.78, 5) is 12.1. The number of hydrogen-bond acceptors (Lipinski definition) is 4. The first-order valence-electron chi connectivity index (χ1n) is 10.9. The van der Waals surface area contributed by atoms with Crippen molar-refractivity contribution >= 4 is 5.96 Å². The predicted octanol–water partition coefficient (Wildman–Crippen LogP) is 1.44. The minimum Gasteiger partial charge on any atom is -0.356 e. The number of nitrogens with zero attached hydrogens (tertiary/aromatic N) is 4. The number of aliphatic imine (C=N–C) groups is 1. The summed E-state index contributed by atoms with van der Waals surface area (Å²) in [7, 11) is 1.88. The minimum atomic E-state index is 0.573. The lowest BCUT2D eigenvalue weighted by Gasteiger charge is -2.34. The van der Waals surface area contributed by atoms with Gasteiger partial charge in [-0.05, 0) is 51.7 Å². The van der Waals surface area contributed by atoms with Crippen LogP contribution in [0.5, 0.6) is 0 Å². The highest BCUT2D eigenvalue weighted by Gasteiger charge is 2.19. The maximum absolute atomic E-state index is 4.41. The normalized spacial score (nSPS) is 21.9. The Bertz CT molecular complexity index is 384. The second kappa shape index (κ2) is 12.5. The molecule has 2 aliphatic rings. The molecule has 2 rings (SSSR count). The highest BCUT2D eigenvalue weighted by atomic mass is 15.3. The lowest BCUT2D eigenvalue weighted by molar-refractivity contribution is 0.136. The van der Waals surface area contributed by atoms with Crippen LogP contribution in [0, 0.1) is 0 Å². The second-order valence-electron chi connectivity index (χ2n) is 7.74. The third-order valence-corrected chi connectivity index (χ3v) is 5.80. The van der Waals surface area contributed by atoms with Crippen molar-refractivity contribution in [3.63, 3.8) is 0 Å². The van der Waals surface area contributed by atoms with E-state index in [1.54, 1.807) is 0 Å². The van der Waals surface area contributed by atoms with Crippen LogP contribution in [0.25, 0.3) is 0 Å². The van der Waals surface area contributed by atoms with Crippen molar-refractivity contribution in [3.05, 3.63) is 0 Å². The van der Waals surface area contributed by atoms with Gasteiger partial charge in [-0.2, -0.15) is 0 Å². The topological polar surface area (TPSA) is 46.1 Å². The van der Waals surface area contributed by atoms with Crippen LogP contribution in [0.2, 0.25) is 0 Å². The van der Waals surface area contributed by atoms with Gasteiger partial charge in [-0.15, -0.1) is 0 Å². The molecule has 0 amide bonds.